The van der Waals surface area contributed by atoms with E-state index >= 15 is 0 Å². The number of aromatic nitrogens is 2. The maximum Gasteiger partial charge on any atom is 0.416 e. The number of amides is 2. The third-order valence-electron chi connectivity index (χ3n) is 4.98. The lowest BCUT2D eigenvalue weighted by Gasteiger charge is -2.16. The zero-order valence-electron chi connectivity index (χ0n) is 17.0. The Morgan fingerprint density at radius 1 is 1.09 bits per heavy atom. The topological polar surface area (TPSA) is 85.3 Å². The summed E-state index contributed by atoms with van der Waals surface area (Å²) in [5, 5.41) is 9.35. The number of alkyl halides is 3. The number of carbonyl (C=O) groups is 2. The molecule has 0 aliphatic carbocycles. The van der Waals surface area contributed by atoms with Crippen LogP contribution in [0.4, 0.5) is 24.5 Å². The Bertz CT molecular complexity index is 1190. The normalized spacial score (nSPS) is 13.1. The summed E-state index contributed by atoms with van der Waals surface area (Å²) < 4.78 is 45.9. The molecule has 0 spiro atoms. The van der Waals surface area contributed by atoms with Crippen LogP contribution in [0.1, 0.15) is 38.3 Å². The molecular formula is C22H19F3N4O3. The summed E-state index contributed by atoms with van der Waals surface area (Å²) in [5.74, 6) is -0.650. The van der Waals surface area contributed by atoms with Gasteiger partial charge in [0.2, 0.25) is 5.88 Å². The van der Waals surface area contributed by atoms with Crippen molar-refractivity contribution in [3.8, 4) is 5.88 Å². The first-order valence-electron chi connectivity index (χ1n) is 9.81. The molecule has 4 rings (SSSR count). The molecule has 10 heteroatoms. The molecule has 0 unspecified atom stereocenters. The molecule has 0 atom stereocenters. The van der Waals surface area contributed by atoms with Crippen LogP contribution < -0.4 is 15.4 Å². The average molecular weight is 444 g/mol. The number of carbonyl (C=O) groups excluding carboxylic acids is 2. The molecule has 2 amide bonds. The van der Waals surface area contributed by atoms with Gasteiger partial charge in [-0.15, -0.1) is 0 Å². The number of hydrogen-bond acceptors (Lipinski definition) is 4. The molecule has 2 aromatic carbocycles. The van der Waals surface area contributed by atoms with Crippen molar-refractivity contribution >= 4 is 23.2 Å². The molecule has 0 fully saturated rings. The number of aryl methyl sites for hydroxylation is 2. The second kappa shape index (κ2) is 8.37. The second-order valence-electron chi connectivity index (χ2n) is 7.31. The van der Waals surface area contributed by atoms with Crippen molar-refractivity contribution in [1.29, 1.82) is 0 Å². The molecule has 1 aromatic heterocycles. The van der Waals surface area contributed by atoms with Crippen LogP contribution in [0.3, 0.4) is 0 Å². The van der Waals surface area contributed by atoms with Gasteiger partial charge < -0.3 is 15.4 Å². The fourth-order valence-corrected chi connectivity index (χ4v) is 3.29. The lowest BCUT2D eigenvalue weighted by atomic mass is 10.1. The van der Waals surface area contributed by atoms with Crippen molar-refractivity contribution in [2.24, 2.45) is 0 Å². The van der Waals surface area contributed by atoms with Crippen LogP contribution in [0.5, 0.6) is 5.88 Å². The number of ether oxygens (including phenoxy) is 1. The van der Waals surface area contributed by atoms with Crippen LogP contribution in [-0.4, -0.2) is 28.2 Å². The van der Waals surface area contributed by atoms with Gasteiger partial charge in [-0.3, -0.25) is 9.59 Å². The molecule has 0 saturated carbocycles. The molecule has 1 aliphatic heterocycles. The van der Waals surface area contributed by atoms with E-state index in [2.05, 4.69) is 15.7 Å². The van der Waals surface area contributed by atoms with E-state index in [1.165, 1.54) is 30.5 Å². The highest BCUT2D eigenvalue weighted by atomic mass is 19.4. The summed E-state index contributed by atoms with van der Waals surface area (Å²) in [6.45, 7) is 2.91. The standard InChI is InChI=1S/C22H19F3N4O3/c1-13-6-7-14(19(30)27-16-5-2-4-15(11-16)22(23,24)25)10-18(13)28-20(31)17-12-26-29-8-3-9-32-21(17)29/h2,4-7,10-12H,3,8-9H2,1H3,(H,27,30)(H,28,31). The Morgan fingerprint density at radius 3 is 2.69 bits per heavy atom. The quantitative estimate of drug-likeness (QED) is 0.621. The van der Waals surface area contributed by atoms with Crippen molar-refractivity contribution < 1.29 is 27.5 Å². The number of nitrogens with one attached hydrogen (secondary N) is 2. The van der Waals surface area contributed by atoms with E-state index in [9.17, 15) is 22.8 Å². The zero-order valence-corrected chi connectivity index (χ0v) is 17.0. The number of rotatable bonds is 4. The van der Waals surface area contributed by atoms with Crippen LogP contribution in [-0.2, 0) is 12.7 Å². The molecule has 0 bridgehead atoms. The van der Waals surface area contributed by atoms with Gasteiger partial charge in [0.1, 0.15) is 5.56 Å². The van der Waals surface area contributed by atoms with Crippen molar-refractivity contribution in [2.45, 2.75) is 26.1 Å². The summed E-state index contributed by atoms with van der Waals surface area (Å²) in [4.78, 5) is 25.4. The van der Waals surface area contributed by atoms with Gasteiger partial charge in [-0.05, 0) is 42.8 Å². The average Bonchev–Trinajstić information content (AvgIpc) is 3.19. The lowest BCUT2D eigenvalue weighted by Crippen LogP contribution is -2.19. The van der Waals surface area contributed by atoms with E-state index in [4.69, 9.17) is 4.74 Å². The summed E-state index contributed by atoms with van der Waals surface area (Å²) in [5.41, 5.74) is 0.705. The molecule has 166 valence electrons. The van der Waals surface area contributed by atoms with E-state index in [0.717, 1.165) is 18.6 Å². The highest BCUT2D eigenvalue weighted by molar-refractivity contribution is 6.08. The molecule has 32 heavy (non-hydrogen) atoms. The Balaban J connectivity index is 1.52. The van der Waals surface area contributed by atoms with Gasteiger partial charge in [-0.1, -0.05) is 12.1 Å². The van der Waals surface area contributed by atoms with E-state index in [1.807, 2.05) is 0 Å². The first kappa shape index (κ1) is 21.4. The number of nitrogens with zero attached hydrogens (tertiary/aromatic N) is 2. The minimum atomic E-state index is -4.51. The number of anilines is 2. The SMILES string of the molecule is Cc1ccc(C(=O)Nc2cccc(C(F)(F)F)c2)cc1NC(=O)c1cnn2c1OCCC2. The first-order chi connectivity index (χ1) is 15.2. The summed E-state index contributed by atoms with van der Waals surface area (Å²) >= 11 is 0. The van der Waals surface area contributed by atoms with E-state index in [1.54, 1.807) is 17.7 Å². The minimum Gasteiger partial charge on any atom is -0.477 e. The van der Waals surface area contributed by atoms with Crippen LogP contribution in [0, 0.1) is 6.92 Å². The summed E-state index contributed by atoms with van der Waals surface area (Å²) in [6, 6.07) is 9.00. The number of halogens is 3. The van der Waals surface area contributed by atoms with Gasteiger partial charge >= 0.3 is 6.18 Å². The van der Waals surface area contributed by atoms with Crippen molar-refractivity contribution in [3.63, 3.8) is 0 Å². The van der Waals surface area contributed by atoms with Crippen molar-refractivity contribution in [3.05, 3.63) is 70.9 Å². The van der Waals surface area contributed by atoms with E-state index in [-0.39, 0.29) is 16.8 Å². The summed E-state index contributed by atoms with van der Waals surface area (Å²) in [7, 11) is 0. The predicted octanol–water partition coefficient (Wildman–Crippen LogP) is 4.50. The Kier molecular flexibility index (Phi) is 5.60. The van der Waals surface area contributed by atoms with Gasteiger partial charge in [-0.2, -0.15) is 18.3 Å². The Hall–Kier alpha value is -3.82. The molecule has 0 radical (unpaired) electrons. The van der Waals surface area contributed by atoms with E-state index in [0.29, 0.717) is 30.3 Å². The number of fused-ring (bicyclic) bond motifs is 1. The van der Waals surface area contributed by atoms with Crippen molar-refractivity contribution in [2.75, 3.05) is 17.2 Å². The zero-order chi connectivity index (χ0) is 22.9. The van der Waals surface area contributed by atoms with Gasteiger partial charge in [-0.25, -0.2) is 4.68 Å². The van der Waals surface area contributed by atoms with Crippen LogP contribution in [0.25, 0.3) is 0 Å². The monoisotopic (exact) mass is 444 g/mol. The van der Waals surface area contributed by atoms with Gasteiger partial charge in [0.25, 0.3) is 11.8 Å². The molecule has 2 N–H and O–H groups in total. The second-order valence-corrected chi connectivity index (χ2v) is 7.31. The third kappa shape index (κ3) is 4.43. The fraction of sp³-hybridized carbons (Fsp3) is 0.227. The molecule has 7 nitrogen and oxygen atoms in total. The summed E-state index contributed by atoms with van der Waals surface area (Å²) in [6.07, 6.45) is -2.29. The predicted molar refractivity (Wildman–Crippen MR) is 111 cm³/mol. The molecule has 2 heterocycles. The molecule has 3 aromatic rings. The Morgan fingerprint density at radius 2 is 1.91 bits per heavy atom. The first-order valence-corrected chi connectivity index (χ1v) is 9.81. The maximum absolute atomic E-state index is 12.9. The van der Waals surface area contributed by atoms with Gasteiger partial charge in [0, 0.05) is 29.9 Å². The highest BCUT2D eigenvalue weighted by Gasteiger charge is 2.30. The maximum atomic E-state index is 12.9. The number of hydrogen-bond donors (Lipinski definition) is 2. The van der Waals surface area contributed by atoms with Gasteiger partial charge in [0.05, 0.1) is 18.4 Å². The minimum absolute atomic E-state index is 0.0136. The van der Waals surface area contributed by atoms with Crippen LogP contribution >= 0.6 is 0 Å². The third-order valence-corrected chi connectivity index (χ3v) is 4.98. The largest absolute Gasteiger partial charge is 0.477 e. The lowest BCUT2D eigenvalue weighted by molar-refractivity contribution is -0.137. The fourth-order valence-electron chi connectivity index (χ4n) is 3.29. The van der Waals surface area contributed by atoms with Crippen LogP contribution in [0.15, 0.2) is 48.7 Å². The smallest absolute Gasteiger partial charge is 0.416 e. The Labute approximate surface area is 181 Å². The number of benzene rings is 2. The molecule has 0 saturated heterocycles. The van der Waals surface area contributed by atoms with Crippen molar-refractivity contribution in [1.82, 2.24) is 9.78 Å². The molecule has 1 aliphatic rings. The van der Waals surface area contributed by atoms with E-state index < -0.39 is 23.6 Å². The van der Waals surface area contributed by atoms with Gasteiger partial charge in [0.15, 0.2) is 0 Å². The van der Waals surface area contributed by atoms with Crippen LogP contribution in [0.2, 0.25) is 0 Å². The highest BCUT2D eigenvalue weighted by Crippen LogP contribution is 2.31. The molecular weight excluding hydrogens is 425 g/mol.